The molecule has 0 saturated carbocycles. The third kappa shape index (κ3) is 2.79. The molecular weight excluding hydrogens is 204 g/mol. The van der Waals surface area contributed by atoms with Crippen LogP contribution in [0.4, 0.5) is 5.69 Å². The average molecular weight is 220 g/mol. The van der Waals surface area contributed by atoms with Crippen LogP contribution in [0.3, 0.4) is 0 Å². The van der Waals surface area contributed by atoms with Crippen LogP contribution >= 0.6 is 0 Å². The van der Waals surface area contributed by atoms with Crippen LogP contribution in [0, 0.1) is 10.1 Å². The number of rotatable bonds is 4. The van der Waals surface area contributed by atoms with Gasteiger partial charge in [-0.2, -0.15) is 0 Å². The summed E-state index contributed by atoms with van der Waals surface area (Å²) in [5.74, 6) is 0. The lowest BCUT2D eigenvalue weighted by atomic mass is 10.1. The third-order valence-electron chi connectivity index (χ3n) is 3.04. The van der Waals surface area contributed by atoms with Gasteiger partial charge in [-0.05, 0) is 37.9 Å². The first-order valence-corrected chi connectivity index (χ1v) is 5.71. The summed E-state index contributed by atoms with van der Waals surface area (Å²) in [7, 11) is 0. The summed E-state index contributed by atoms with van der Waals surface area (Å²) in [6.45, 7) is 3.37. The summed E-state index contributed by atoms with van der Waals surface area (Å²) in [5, 5.41) is 10.6. The summed E-state index contributed by atoms with van der Waals surface area (Å²) in [6, 6.07) is 6.94. The molecule has 86 valence electrons. The first kappa shape index (κ1) is 11.1. The molecule has 1 aromatic rings. The van der Waals surface area contributed by atoms with Gasteiger partial charge in [0.25, 0.3) is 5.69 Å². The Bertz CT molecular complexity index is 373. The Morgan fingerprint density at radius 3 is 2.75 bits per heavy atom. The second kappa shape index (κ2) is 5.07. The third-order valence-corrected chi connectivity index (χ3v) is 3.04. The molecule has 0 radical (unpaired) electrons. The maximum Gasteiger partial charge on any atom is 0.269 e. The Labute approximate surface area is 95.0 Å². The number of hydrogen-bond donors (Lipinski definition) is 0. The van der Waals surface area contributed by atoms with Crippen LogP contribution in [0.25, 0.3) is 0 Å². The molecule has 0 N–H and O–H groups in total. The van der Waals surface area contributed by atoms with E-state index >= 15 is 0 Å². The predicted octanol–water partition coefficient (Wildman–Crippen LogP) is 2.23. The Morgan fingerprint density at radius 1 is 1.31 bits per heavy atom. The fraction of sp³-hybridized carbons (Fsp3) is 0.500. The van der Waals surface area contributed by atoms with Crippen molar-refractivity contribution in [2.24, 2.45) is 0 Å². The molecule has 4 nitrogen and oxygen atoms in total. The van der Waals surface area contributed by atoms with E-state index in [0.717, 1.165) is 18.5 Å². The molecule has 2 rings (SSSR count). The van der Waals surface area contributed by atoms with Gasteiger partial charge in [0.05, 0.1) is 4.92 Å². The zero-order valence-corrected chi connectivity index (χ0v) is 9.26. The quantitative estimate of drug-likeness (QED) is 0.577. The van der Waals surface area contributed by atoms with Crippen molar-refractivity contribution in [3.05, 3.63) is 39.9 Å². The summed E-state index contributed by atoms with van der Waals surface area (Å²) < 4.78 is 0. The minimum atomic E-state index is -0.334. The molecule has 1 aliphatic heterocycles. The fourth-order valence-electron chi connectivity index (χ4n) is 2.12. The average Bonchev–Trinajstić information content (AvgIpc) is 2.79. The highest BCUT2D eigenvalue weighted by Gasteiger charge is 2.11. The van der Waals surface area contributed by atoms with E-state index in [-0.39, 0.29) is 10.6 Å². The molecule has 1 aliphatic rings. The molecule has 0 amide bonds. The van der Waals surface area contributed by atoms with E-state index < -0.39 is 0 Å². The SMILES string of the molecule is O=[N+]([O-])c1cccc(CCN2CCCC2)c1. The van der Waals surface area contributed by atoms with E-state index in [1.54, 1.807) is 18.2 Å². The van der Waals surface area contributed by atoms with Gasteiger partial charge in [-0.25, -0.2) is 0 Å². The highest BCUT2D eigenvalue weighted by atomic mass is 16.6. The largest absolute Gasteiger partial charge is 0.303 e. The van der Waals surface area contributed by atoms with Crippen LogP contribution in [-0.2, 0) is 6.42 Å². The maximum absolute atomic E-state index is 10.6. The van der Waals surface area contributed by atoms with Gasteiger partial charge in [-0.3, -0.25) is 10.1 Å². The minimum Gasteiger partial charge on any atom is -0.303 e. The monoisotopic (exact) mass is 220 g/mol. The Kier molecular flexibility index (Phi) is 3.51. The highest BCUT2D eigenvalue weighted by molar-refractivity contribution is 5.34. The van der Waals surface area contributed by atoms with Crippen molar-refractivity contribution in [2.75, 3.05) is 19.6 Å². The molecule has 16 heavy (non-hydrogen) atoms. The molecule has 1 heterocycles. The van der Waals surface area contributed by atoms with Crippen LogP contribution in [0.5, 0.6) is 0 Å². The van der Waals surface area contributed by atoms with Gasteiger partial charge in [-0.15, -0.1) is 0 Å². The molecule has 0 aliphatic carbocycles. The second-order valence-electron chi connectivity index (χ2n) is 4.23. The molecule has 0 unspecified atom stereocenters. The first-order chi connectivity index (χ1) is 7.75. The minimum absolute atomic E-state index is 0.193. The van der Waals surface area contributed by atoms with Gasteiger partial charge in [0.2, 0.25) is 0 Å². The molecule has 4 heteroatoms. The van der Waals surface area contributed by atoms with E-state index in [1.165, 1.54) is 25.9 Å². The van der Waals surface area contributed by atoms with Gasteiger partial charge >= 0.3 is 0 Å². The van der Waals surface area contributed by atoms with Crippen molar-refractivity contribution in [1.29, 1.82) is 0 Å². The van der Waals surface area contributed by atoms with Crippen LogP contribution < -0.4 is 0 Å². The normalized spacial score (nSPS) is 16.5. The number of nitro benzene ring substituents is 1. The van der Waals surface area contributed by atoms with E-state index in [4.69, 9.17) is 0 Å². The first-order valence-electron chi connectivity index (χ1n) is 5.71. The zero-order chi connectivity index (χ0) is 11.4. The van der Waals surface area contributed by atoms with Crippen molar-refractivity contribution in [2.45, 2.75) is 19.3 Å². The number of hydrogen-bond acceptors (Lipinski definition) is 3. The van der Waals surface area contributed by atoms with Crippen LogP contribution in [0.1, 0.15) is 18.4 Å². The van der Waals surface area contributed by atoms with Crippen molar-refractivity contribution < 1.29 is 4.92 Å². The molecule has 0 bridgehead atoms. The number of nitrogens with zero attached hydrogens (tertiary/aromatic N) is 2. The van der Waals surface area contributed by atoms with Gasteiger partial charge in [0.1, 0.15) is 0 Å². The molecule has 0 aromatic heterocycles. The highest BCUT2D eigenvalue weighted by Crippen LogP contribution is 2.15. The number of nitro groups is 1. The number of benzene rings is 1. The maximum atomic E-state index is 10.6. The van der Waals surface area contributed by atoms with Crippen LogP contribution in [-0.4, -0.2) is 29.5 Å². The fourth-order valence-corrected chi connectivity index (χ4v) is 2.12. The second-order valence-corrected chi connectivity index (χ2v) is 4.23. The lowest BCUT2D eigenvalue weighted by Gasteiger charge is -2.13. The Morgan fingerprint density at radius 2 is 2.06 bits per heavy atom. The van der Waals surface area contributed by atoms with Crippen molar-refractivity contribution in [3.8, 4) is 0 Å². The molecule has 0 spiro atoms. The van der Waals surface area contributed by atoms with Gasteiger partial charge < -0.3 is 4.90 Å². The molecule has 1 fully saturated rings. The summed E-state index contributed by atoms with van der Waals surface area (Å²) in [4.78, 5) is 12.7. The molecule has 0 atom stereocenters. The zero-order valence-electron chi connectivity index (χ0n) is 9.26. The Balaban J connectivity index is 1.93. The number of likely N-dealkylation sites (tertiary alicyclic amines) is 1. The van der Waals surface area contributed by atoms with Crippen LogP contribution in [0.15, 0.2) is 24.3 Å². The van der Waals surface area contributed by atoms with E-state index in [2.05, 4.69) is 4.90 Å². The van der Waals surface area contributed by atoms with Gasteiger partial charge in [0.15, 0.2) is 0 Å². The Hall–Kier alpha value is -1.42. The summed E-state index contributed by atoms with van der Waals surface area (Å²) >= 11 is 0. The lowest BCUT2D eigenvalue weighted by Crippen LogP contribution is -2.21. The lowest BCUT2D eigenvalue weighted by molar-refractivity contribution is -0.384. The molecule has 1 aromatic carbocycles. The predicted molar refractivity (Wildman–Crippen MR) is 62.5 cm³/mol. The van der Waals surface area contributed by atoms with Gasteiger partial charge in [-0.1, -0.05) is 12.1 Å². The molecular formula is C12H16N2O2. The topological polar surface area (TPSA) is 46.4 Å². The number of non-ortho nitro benzene ring substituents is 1. The van der Waals surface area contributed by atoms with E-state index in [1.807, 2.05) is 6.07 Å². The van der Waals surface area contributed by atoms with E-state index in [0.29, 0.717) is 0 Å². The van der Waals surface area contributed by atoms with Crippen molar-refractivity contribution in [1.82, 2.24) is 4.90 Å². The van der Waals surface area contributed by atoms with Crippen molar-refractivity contribution in [3.63, 3.8) is 0 Å². The van der Waals surface area contributed by atoms with E-state index in [9.17, 15) is 10.1 Å². The summed E-state index contributed by atoms with van der Waals surface area (Å²) in [6.07, 6.45) is 3.48. The molecule has 1 saturated heterocycles. The van der Waals surface area contributed by atoms with Crippen molar-refractivity contribution >= 4 is 5.69 Å². The van der Waals surface area contributed by atoms with Crippen LogP contribution in [0.2, 0.25) is 0 Å². The summed E-state index contributed by atoms with van der Waals surface area (Å²) in [5.41, 5.74) is 1.25. The smallest absolute Gasteiger partial charge is 0.269 e. The standard InChI is InChI=1S/C12H16N2O2/c15-14(16)12-5-3-4-11(10-12)6-9-13-7-1-2-8-13/h3-5,10H,1-2,6-9H2. The van der Waals surface area contributed by atoms with Gasteiger partial charge in [0, 0.05) is 18.7 Å².